The second-order valence-corrected chi connectivity index (χ2v) is 3.39. The van der Waals surface area contributed by atoms with Gasteiger partial charge in [-0.3, -0.25) is 0 Å². The molecule has 0 bridgehead atoms. The van der Waals surface area contributed by atoms with Gasteiger partial charge in [-0.05, 0) is 23.5 Å². The number of hydrogen-bond acceptors (Lipinski definition) is 4. The van der Waals surface area contributed by atoms with Crippen LogP contribution in [-0.2, 0) is 4.79 Å². The van der Waals surface area contributed by atoms with Crippen molar-refractivity contribution < 1.29 is 19.8 Å². The van der Waals surface area contributed by atoms with Crippen LogP contribution in [0.4, 0.5) is 0 Å². The summed E-state index contributed by atoms with van der Waals surface area (Å²) in [5, 5.41) is 20.8. The summed E-state index contributed by atoms with van der Waals surface area (Å²) in [4.78, 5) is 20.8. The van der Waals surface area contributed by atoms with E-state index in [1.54, 1.807) is 19.1 Å². The number of carbonyl (C=O) groups excluding carboxylic acids is 2. The molecule has 0 radical (unpaired) electrons. The molecule has 0 fully saturated rings. The molecule has 0 saturated heterocycles. The van der Waals surface area contributed by atoms with Gasteiger partial charge in [0.25, 0.3) is 0 Å². The van der Waals surface area contributed by atoms with Crippen LogP contribution >= 0.6 is 0 Å². The number of benzene rings is 1. The van der Waals surface area contributed by atoms with Gasteiger partial charge in [-0.2, -0.15) is 0 Å². The molecule has 0 aliphatic carbocycles. The molecule has 1 atom stereocenters. The van der Waals surface area contributed by atoms with Crippen molar-refractivity contribution in [1.29, 1.82) is 0 Å². The van der Waals surface area contributed by atoms with Gasteiger partial charge in [-0.15, -0.1) is 0 Å². The molecule has 0 aliphatic heterocycles. The van der Waals surface area contributed by atoms with Crippen LogP contribution in [0.5, 0.6) is 0 Å². The molecular weight excluding hydrogens is 196 g/mol. The predicted octanol–water partition coefficient (Wildman–Crippen LogP) is -0.706. The van der Waals surface area contributed by atoms with E-state index in [0.717, 1.165) is 5.56 Å². The predicted molar refractivity (Wildman–Crippen MR) is 48.8 cm³/mol. The van der Waals surface area contributed by atoms with E-state index in [4.69, 9.17) is 0 Å². The van der Waals surface area contributed by atoms with E-state index in [2.05, 4.69) is 0 Å². The zero-order valence-corrected chi connectivity index (χ0v) is 8.23. The highest BCUT2D eigenvalue weighted by molar-refractivity contribution is 5.85. The van der Waals surface area contributed by atoms with E-state index < -0.39 is 11.9 Å². The zero-order valence-electron chi connectivity index (χ0n) is 8.23. The summed E-state index contributed by atoms with van der Waals surface area (Å²) >= 11 is 0. The Labute approximate surface area is 87.2 Å². The Kier molecular flexibility index (Phi) is 3.44. The van der Waals surface area contributed by atoms with Crippen molar-refractivity contribution >= 4 is 11.9 Å². The Hall–Kier alpha value is -1.84. The lowest BCUT2D eigenvalue weighted by Gasteiger charge is -2.13. The fourth-order valence-corrected chi connectivity index (χ4v) is 1.32. The highest BCUT2D eigenvalue weighted by Gasteiger charge is 2.05. The number of aliphatic carboxylic acids is 1. The lowest BCUT2D eigenvalue weighted by Crippen LogP contribution is -2.24. The fourth-order valence-electron chi connectivity index (χ4n) is 1.32. The Bertz CT molecular complexity index is 367. The molecule has 0 aliphatic rings. The third kappa shape index (κ3) is 3.09. The Morgan fingerprint density at radius 3 is 2.13 bits per heavy atom. The van der Waals surface area contributed by atoms with Crippen LogP contribution in [0.2, 0.25) is 0 Å². The quantitative estimate of drug-likeness (QED) is 0.652. The summed E-state index contributed by atoms with van der Waals surface area (Å²) in [7, 11) is 0. The lowest BCUT2D eigenvalue weighted by atomic mass is 9.97. The molecule has 15 heavy (non-hydrogen) atoms. The molecule has 1 rings (SSSR count). The van der Waals surface area contributed by atoms with Crippen molar-refractivity contribution in [3.05, 3.63) is 35.4 Å². The average Bonchev–Trinajstić information content (AvgIpc) is 2.17. The standard InChI is InChI=1S/C11H12O4/c1-7(6-10(12)13)8-2-4-9(5-3-8)11(14)15/h2-5,7H,6H2,1H3,(H,12,13)(H,14,15)/p-2/t7-/m1/s1. The maximum absolute atomic E-state index is 10.4. The summed E-state index contributed by atoms with van der Waals surface area (Å²) in [5.41, 5.74) is 0.851. The van der Waals surface area contributed by atoms with Crippen molar-refractivity contribution in [3.8, 4) is 0 Å². The van der Waals surface area contributed by atoms with Gasteiger partial charge in [-0.25, -0.2) is 0 Å². The highest BCUT2D eigenvalue weighted by Crippen LogP contribution is 2.18. The Morgan fingerprint density at radius 2 is 1.73 bits per heavy atom. The fraction of sp³-hybridized carbons (Fsp3) is 0.273. The van der Waals surface area contributed by atoms with Gasteiger partial charge >= 0.3 is 0 Å². The van der Waals surface area contributed by atoms with Crippen LogP contribution in [-0.4, -0.2) is 11.9 Å². The minimum Gasteiger partial charge on any atom is -0.550 e. The molecule has 0 spiro atoms. The first-order valence-electron chi connectivity index (χ1n) is 4.52. The Morgan fingerprint density at radius 1 is 1.20 bits per heavy atom. The molecular formula is C11H10O4-2. The summed E-state index contributed by atoms with van der Waals surface area (Å²) in [6, 6.07) is 5.96. The molecule has 1 aromatic rings. The first-order chi connectivity index (χ1) is 7.00. The first kappa shape index (κ1) is 11.2. The number of carboxylic acid groups (broad SMARTS) is 2. The van der Waals surface area contributed by atoms with Gasteiger partial charge in [-0.1, -0.05) is 31.2 Å². The number of rotatable bonds is 4. The normalized spacial score (nSPS) is 12.1. The summed E-state index contributed by atoms with van der Waals surface area (Å²) in [5.74, 6) is -2.55. The number of carbonyl (C=O) groups is 2. The van der Waals surface area contributed by atoms with Crippen molar-refractivity contribution in [1.82, 2.24) is 0 Å². The second-order valence-electron chi connectivity index (χ2n) is 3.39. The van der Waals surface area contributed by atoms with Gasteiger partial charge in [0.2, 0.25) is 0 Å². The van der Waals surface area contributed by atoms with Crippen LogP contribution in [0.1, 0.15) is 35.2 Å². The largest absolute Gasteiger partial charge is 0.550 e. The minimum absolute atomic E-state index is 0.0787. The number of aromatic carboxylic acids is 1. The summed E-state index contributed by atoms with van der Waals surface area (Å²) < 4.78 is 0. The third-order valence-corrected chi connectivity index (χ3v) is 2.19. The van der Waals surface area contributed by atoms with Crippen LogP contribution in [0.3, 0.4) is 0 Å². The van der Waals surface area contributed by atoms with Crippen LogP contribution in [0.15, 0.2) is 24.3 Å². The maximum atomic E-state index is 10.4. The van der Waals surface area contributed by atoms with E-state index in [1.165, 1.54) is 12.1 Å². The van der Waals surface area contributed by atoms with Crippen LogP contribution in [0, 0.1) is 0 Å². The lowest BCUT2D eigenvalue weighted by molar-refractivity contribution is -0.306. The molecule has 4 nitrogen and oxygen atoms in total. The van der Waals surface area contributed by atoms with Crippen molar-refractivity contribution in [3.63, 3.8) is 0 Å². The third-order valence-electron chi connectivity index (χ3n) is 2.19. The monoisotopic (exact) mass is 206 g/mol. The zero-order chi connectivity index (χ0) is 11.4. The molecule has 0 amide bonds. The highest BCUT2D eigenvalue weighted by atomic mass is 16.4. The molecule has 0 aromatic heterocycles. The molecule has 80 valence electrons. The molecule has 0 unspecified atom stereocenters. The van der Waals surface area contributed by atoms with Gasteiger partial charge < -0.3 is 19.8 Å². The average molecular weight is 206 g/mol. The molecule has 1 aromatic carbocycles. The second kappa shape index (κ2) is 4.59. The van der Waals surface area contributed by atoms with E-state index in [9.17, 15) is 19.8 Å². The Balaban J connectivity index is 2.79. The van der Waals surface area contributed by atoms with Gasteiger partial charge in [0.05, 0.1) is 5.97 Å². The molecule has 4 heteroatoms. The van der Waals surface area contributed by atoms with E-state index in [-0.39, 0.29) is 17.9 Å². The van der Waals surface area contributed by atoms with Gasteiger partial charge in [0, 0.05) is 5.97 Å². The van der Waals surface area contributed by atoms with Crippen molar-refractivity contribution in [2.75, 3.05) is 0 Å². The SMILES string of the molecule is C[C@H](CC(=O)[O-])c1ccc(C(=O)[O-])cc1. The van der Waals surface area contributed by atoms with E-state index in [1.807, 2.05) is 0 Å². The topological polar surface area (TPSA) is 80.3 Å². The van der Waals surface area contributed by atoms with Crippen molar-refractivity contribution in [2.45, 2.75) is 19.3 Å². The summed E-state index contributed by atoms with van der Waals surface area (Å²) in [6.07, 6.45) is -0.0787. The molecule has 0 N–H and O–H groups in total. The maximum Gasteiger partial charge on any atom is 0.0715 e. The summed E-state index contributed by atoms with van der Waals surface area (Å²) in [6.45, 7) is 1.74. The smallest absolute Gasteiger partial charge is 0.0715 e. The molecule has 0 heterocycles. The van der Waals surface area contributed by atoms with E-state index in [0.29, 0.717) is 0 Å². The minimum atomic E-state index is -1.24. The first-order valence-corrected chi connectivity index (χ1v) is 4.52. The van der Waals surface area contributed by atoms with E-state index >= 15 is 0 Å². The van der Waals surface area contributed by atoms with Crippen LogP contribution < -0.4 is 10.2 Å². The van der Waals surface area contributed by atoms with Gasteiger partial charge in [0.15, 0.2) is 0 Å². The number of carboxylic acids is 2. The molecule has 0 saturated carbocycles. The van der Waals surface area contributed by atoms with Crippen LogP contribution in [0.25, 0.3) is 0 Å². The van der Waals surface area contributed by atoms with Crippen molar-refractivity contribution in [2.24, 2.45) is 0 Å². The van der Waals surface area contributed by atoms with Gasteiger partial charge in [0.1, 0.15) is 0 Å². The number of hydrogen-bond donors (Lipinski definition) is 0.